The Hall–Kier alpha value is -0.460. The van der Waals surface area contributed by atoms with Crippen molar-refractivity contribution in [1.82, 2.24) is 5.32 Å². The summed E-state index contributed by atoms with van der Waals surface area (Å²) in [5.74, 6) is 0. The van der Waals surface area contributed by atoms with Crippen molar-refractivity contribution in [2.24, 2.45) is 5.41 Å². The SMILES string of the molecule is C=C(CC(C)(C)C)NCCCC. The van der Waals surface area contributed by atoms with E-state index in [4.69, 9.17) is 0 Å². The summed E-state index contributed by atoms with van der Waals surface area (Å²) < 4.78 is 0. The summed E-state index contributed by atoms with van der Waals surface area (Å²) >= 11 is 0. The van der Waals surface area contributed by atoms with Crippen molar-refractivity contribution in [3.63, 3.8) is 0 Å². The van der Waals surface area contributed by atoms with Crippen LogP contribution in [0.4, 0.5) is 0 Å². The Balaban J connectivity index is 3.47. The normalized spacial score (nSPS) is 11.3. The lowest BCUT2D eigenvalue weighted by molar-refractivity contribution is 0.398. The second-order valence-electron chi connectivity index (χ2n) is 4.62. The van der Waals surface area contributed by atoms with E-state index in [1.807, 2.05) is 0 Å². The summed E-state index contributed by atoms with van der Waals surface area (Å²) in [5, 5.41) is 3.35. The van der Waals surface area contributed by atoms with Crippen LogP contribution >= 0.6 is 0 Å². The van der Waals surface area contributed by atoms with E-state index in [-0.39, 0.29) is 0 Å². The quantitative estimate of drug-likeness (QED) is 0.622. The monoisotopic (exact) mass is 169 g/mol. The Morgan fingerprint density at radius 2 is 1.92 bits per heavy atom. The molecule has 1 N–H and O–H groups in total. The summed E-state index contributed by atoms with van der Waals surface area (Å²) in [6.45, 7) is 14.0. The lowest BCUT2D eigenvalue weighted by atomic mass is 9.91. The summed E-state index contributed by atoms with van der Waals surface area (Å²) in [5.41, 5.74) is 1.53. The second kappa shape index (κ2) is 5.23. The minimum atomic E-state index is 0.357. The van der Waals surface area contributed by atoms with Gasteiger partial charge < -0.3 is 5.32 Å². The van der Waals surface area contributed by atoms with Gasteiger partial charge in [-0.05, 0) is 18.3 Å². The molecule has 0 bridgehead atoms. The predicted molar refractivity (Wildman–Crippen MR) is 56.1 cm³/mol. The number of rotatable bonds is 5. The Kier molecular flexibility index (Phi) is 5.03. The smallest absolute Gasteiger partial charge is 0.0143 e. The topological polar surface area (TPSA) is 12.0 Å². The largest absolute Gasteiger partial charge is 0.389 e. The molecule has 0 aromatic rings. The van der Waals surface area contributed by atoms with Crippen molar-refractivity contribution in [3.05, 3.63) is 12.3 Å². The Morgan fingerprint density at radius 1 is 1.33 bits per heavy atom. The molecule has 0 rings (SSSR count). The second-order valence-corrected chi connectivity index (χ2v) is 4.62. The molecule has 72 valence electrons. The highest BCUT2D eigenvalue weighted by molar-refractivity contribution is 4.94. The first-order valence-electron chi connectivity index (χ1n) is 4.87. The molecule has 0 aliphatic heterocycles. The van der Waals surface area contributed by atoms with Crippen LogP contribution in [0.3, 0.4) is 0 Å². The molecule has 0 radical (unpaired) electrons. The maximum atomic E-state index is 4.00. The molecule has 0 aromatic heterocycles. The third-order valence-corrected chi connectivity index (χ3v) is 1.65. The molecule has 0 atom stereocenters. The zero-order valence-electron chi connectivity index (χ0n) is 9.04. The van der Waals surface area contributed by atoms with Gasteiger partial charge in [-0.25, -0.2) is 0 Å². The average molecular weight is 169 g/mol. The van der Waals surface area contributed by atoms with Crippen molar-refractivity contribution in [2.75, 3.05) is 6.54 Å². The number of hydrogen-bond acceptors (Lipinski definition) is 1. The molecule has 0 heterocycles. The Labute approximate surface area is 77.2 Å². The van der Waals surface area contributed by atoms with Crippen LogP contribution in [-0.2, 0) is 0 Å². The summed E-state index contributed by atoms with van der Waals surface area (Å²) in [7, 11) is 0. The average Bonchev–Trinajstić information content (AvgIpc) is 1.84. The van der Waals surface area contributed by atoms with Gasteiger partial charge in [-0.15, -0.1) is 0 Å². The lowest BCUT2D eigenvalue weighted by Crippen LogP contribution is -2.18. The summed E-state index contributed by atoms with van der Waals surface area (Å²) in [6, 6.07) is 0. The molecule has 0 saturated carbocycles. The minimum Gasteiger partial charge on any atom is -0.389 e. The van der Waals surface area contributed by atoms with Gasteiger partial charge in [0.15, 0.2) is 0 Å². The molecule has 0 aromatic carbocycles. The van der Waals surface area contributed by atoms with Gasteiger partial charge in [0.1, 0.15) is 0 Å². The highest BCUT2D eigenvalue weighted by Crippen LogP contribution is 2.21. The third-order valence-electron chi connectivity index (χ3n) is 1.65. The van der Waals surface area contributed by atoms with E-state index in [0.717, 1.165) is 13.0 Å². The molecule has 0 saturated heterocycles. The number of allylic oxidation sites excluding steroid dienone is 1. The van der Waals surface area contributed by atoms with E-state index >= 15 is 0 Å². The van der Waals surface area contributed by atoms with E-state index in [9.17, 15) is 0 Å². The standard InChI is InChI=1S/C11H23N/c1-6-7-8-12-10(2)9-11(3,4)5/h12H,2,6-9H2,1,3-5H3. The first kappa shape index (κ1) is 11.5. The fourth-order valence-corrected chi connectivity index (χ4v) is 1.14. The highest BCUT2D eigenvalue weighted by atomic mass is 14.9. The molecule has 1 heteroatoms. The summed E-state index contributed by atoms with van der Waals surface area (Å²) in [4.78, 5) is 0. The maximum Gasteiger partial charge on any atom is 0.0143 e. The first-order chi connectivity index (χ1) is 5.45. The van der Waals surface area contributed by atoms with Gasteiger partial charge in [0.05, 0.1) is 0 Å². The van der Waals surface area contributed by atoms with Gasteiger partial charge >= 0.3 is 0 Å². The highest BCUT2D eigenvalue weighted by Gasteiger charge is 2.10. The zero-order valence-corrected chi connectivity index (χ0v) is 9.04. The molecular formula is C11H23N. The maximum absolute atomic E-state index is 4.00. The van der Waals surface area contributed by atoms with Gasteiger partial charge in [0, 0.05) is 12.2 Å². The van der Waals surface area contributed by atoms with Crippen LogP contribution in [0, 0.1) is 5.41 Å². The minimum absolute atomic E-state index is 0.357. The van der Waals surface area contributed by atoms with Gasteiger partial charge in [0.25, 0.3) is 0 Å². The van der Waals surface area contributed by atoms with Crippen molar-refractivity contribution in [2.45, 2.75) is 47.0 Å². The number of unbranched alkanes of at least 4 members (excludes halogenated alkanes) is 1. The van der Waals surface area contributed by atoms with Crippen LogP contribution in [0.25, 0.3) is 0 Å². The van der Waals surface area contributed by atoms with Gasteiger partial charge in [-0.1, -0.05) is 40.7 Å². The molecule has 0 amide bonds. The fourth-order valence-electron chi connectivity index (χ4n) is 1.14. The predicted octanol–water partition coefficient (Wildman–Crippen LogP) is 3.33. The molecule has 12 heavy (non-hydrogen) atoms. The molecule has 1 nitrogen and oxygen atoms in total. The van der Waals surface area contributed by atoms with E-state index in [0.29, 0.717) is 5.41 Å². The van der Waals surface area contributed by atoms with Gasteiger partial charge in [0.2, 0.25) is 0 Å². The van der Waals surface area contributed by atoms with Crippen LogP contribution < -0.4 is 5.32 Å². The zero-order chi connectivity index (χ0) is 9.61. The van der Waals surface area contributed by atoms with Crippen LogP contribution in [0.5, 0.6) is 0 Å². The van der Waals surface area contributed by atoms with Crippen LogP contribution in [0.2, 0.25) is 0 Å². The third kappa shape index (κ3) is 7.64. The first-order valence-corrected chi connectivity index (χ1v) is 4.87. The van der Waals surface area contributed by atoms with E-state index in [1.54, 1.807) is 0 Å². The molecule has 0 unspecified atom stereocenters. The fraction of sp³-hybridized carbons (Fsp3) is 0.818. The molecule has 0 aliphatic carbocycles. The van der Waals surface area contributed by atoms with Gasteiger partial charge in [-0.3, -0.25) is 0 Å². The summed E-state index contributed by atoms with van der Waals surface area (Å²) in [6.07, 6.45) is 3.55. The Morgan fingerprint density at radius 3 is 2.33 bits per heavy atom. The molecule has 0 fully saturated rings. The lowest BCUT2D eigenvalue weighted by Gasteiger charge is -2.20. The Bertz CT molecular complexity index is 130. The van der Waals surface area contributed by atoms with Crippen molar-refractivity contribution in [3.8, 4) is 0 Å². The van der Waals surface area contributed by atoms with Gasteiger partial charge in [-0.2, -0.15) is 0 Å². The van der Waals surface area contributed by atoms with Crippen LogP contribution in [-0.4, -0.2) is 6.54 Å². The van der Waals surface area contributed by atoms with Crippen LogP contribution in [0.1, 0.15) is 47.0 Å². The van der Waals surface area contributed by atoms with Crippen molar-refractivity contribution in [1.29, 1.82) is 0 Å². The molecule has 0 spiro atoms. The van der Waals surface area contributed by atoms with E-state index < -0.39 is 0 Å². The van der Waals surface area contributed by atoms with Crippen molar-refractivity contribution >= 4 is 0 Å². The molecular weight excluding hydrogens is 146 g/mol. The number of hydrogen-bond donors (Lipinski definition) is 1. The van der Waals surface area contributed by atoms with E-state index in [2.05, 4.69) is 39.6 Å². The number of nitrogens with one attached hydrogen (secondary N) is 1. The van der Waals surface area contributed by atoms with Crippen LogP contribution in [0.15, 0.2) is 12.3 Å². The van der Waals surface area contributed by atoms with E-state index in [1.165, 1.54) is 18.5 Å². The molecule has 0 aliphatic rings. The van der Waals surface area contributed by atoms with Crippen molar-refractivity contribution < 1.29 is 0 Å².